The Bertz CT molecular complexity index is 568. The molecule has 0 bridgehead atoms. The van der Waals surface area contributed by atoms with Crippen LogP contribution in [-0.4, -0.2) is 34.4 Å². The standard InChI is InChI=1S/C15H21ClN3/c1-19(10-6-2-3-7-11-19)12-18-14-9-5-4-8-13(14)15(16)17-18/h4-5,8-9H,2-3,6-7,10-12H2,1H3/q+1. The molecular weight excluding hydrogens is 258 g/mol. The summed E-state index contributed by atoms with van der Waals surface area (Å²) in [6.07, 6.45) is 5.38. The first kappa shape index (κ1) is 12.9. The third kappa shape index (κ3) is 2.63. The van der Waals surface area contributed by atoms with Crippen LogP contribution in [0.15, 0.2) is 24.3 Å². The van der Waals surface area contributed by atoms with Crippen molar-refractivity contribution in [3.8, 4) is 0 Å². The van der Waals surface area contributed by atoms with Gasteiger partial charge in [-0.25, -0.2) is 4.68 Å². The van der Waals surface area contributed by atoms with Crippen molar-refractivity contribution in [2.45, 2.75) is 32.4 Å². The molecule has 3 nitrogen and oxygen atoms in total. The van der Waals surface area contributed by atoms with Crippen LogP contribution >= 0.6 is 11.6 Å². The smallest absolute Gasteiger partial charge is 0.174 e. The topological polar surface area (TPSA) is 17.8 Å². The molecule has 0 radical (unpaired) electrons. The lowest BCUT2D eigenvalue weighted by atomic mass is 10.2. The number of rotatable bonds is 2. The van der Waals surface area contributed by atoms with Crippen molar-refractivity contribution in [1.29, 1.82) is 0 Å². The number of nitrogens with zero attached hydrogens (tertiary/aromatic N) is 3. The minimum Gasteiger partial charge on any atom is -0.307 e. The van der Waals surface area contributed by atoms with E-state index in [0.717, 1.165) is 22.1 Å². The lowest BCUT2D eigenvalue weighted by Crippen LogP contribution is -2.46. The van der Waals surface area contributed by atoms with Crippen LogP contribution < -0.4 is 0 Å². The SMILES string of the molecule is C[N+]1(Cn2nc(Cl)c3ccccc32)CCCCCC1. The second kappa shape index (κ2) is 5.14. The Morgan fingerprint density at radius 2 is 1.84 bits per heavy atom. The van der Waals surface area contributed by atoms with Crippen LogP contribution in [0.5, 0.6) is 0 Å². The van der Waals surface area contributed by atoms with Crippen molar-refractivity contribution < 1.29 is 4.48 Å². The molecule has 0 N–H and O–H groups in total. The molecule has 1 fully saturated rings. The number of aromatic nitrogens is 2. The zero-order valence-electron chi connectivity index (χ0n) is 11.5. The zero-order chi connectivity index (χ0) is 13.3. The summed E-state index contributed by atoms with van der Waals surface area (Å²) in [4.78, 5) is 0. The summed E-state index contributed by atoms with van der Waals surface area (Å²) in [5.74, 6) is 0. The molecule has 0 saturated carbocycles. The fourth-order valence-corrected chi connectivity index (χ4v) is 3.36. The van der Waals surface area contributed by atoms with E-state index in [0.29, 0.717) is 5.15 Å². The molecule has 3 rings (SSSR count). The van der Waals surface area contributed by atoms with Gasteiger partial charge in [-0.05, 0) is 37.8 Å². The van der Waals surface area contributed by atoms with Crippen molar-refractivity contribution in [2.75, 3.05) is 20.1 Å². The maximum Gasteiger partial charge on any atom is 0.174 e. The van der Waals surface area contributed by atoms with Crippen molar-refractivity contribution in [1.82, 2.24) is 9.78 Å². The molecule has 19 heavy (non-hydrogen) atoms. The van der Waals surface area contributed by atoms with Gasteiger partial charge in [-0.15, -0.1) is 0 Å². The minimum atomic E-state index is 0.622. The van der Waals surface area contributed by atoms with Crippen molar-refractivity contribution in [2.24, 2.45) is 0 Å². The summed E-state index contributed by atoms with van der Waals surface area (Å²) in [7, 11) is 2.34. The summed E-state index contributed by atoms with van der Waals surface area (Å²) in [6.45, 7) is 3.41. The van der Waals surface area contributed by atoms with Crippen LogP contribution in [0.1, 0.15) is 25.7 Å². The third-order valence-corrected chi connectivity index (χ3v) is 4.51. The fraction of sp³-hybridized carbons (Fsp3) is 0.533. The van der Waals surface area contributed by atoms with Gasteiger partial charge in [0.2, 0.25) is 0 Å². The van der Waals surface area contributed by atoms with Crippen LogP contribution in [0.25, 0.3) is 10.9 Å². The highest BCUT2D eigenvalue weighted by molar-refractivity contribution is 6.34. The fourth-order valence-electron chi connectivity index (χ4n) is 3.11. The van der Waals surface area contributed by atoms with Gasteiger partial charge in [-0.2, -0.15) is 5.10 Å². The normalized spacial score (nSPS) is 19.5. The van der Waals surface area contributed by atoms with Gasteiger partial charge in [0, 0.05) is 5.39 Å². The number of fused-ring (bicyclic) bond motifs is 1. The lowest BCUT2D eigenvalue weighted by Gasteiger charge is -2.33. The van der Waals surface area contributed by atoms with Crippen LogP contribution in [0.4, 0.5) is 0 Å². The lowest BCUT2D eigenvalue weighted by molar-refractivity contribution is -0.930. The van der Waals surface area contributed by atoms with Gasteiger partial charge < -0.3 is 4.48 Å². The predicted octanol–water partition coefficient (Wildman–Crippen LogP) is 3.67. The average molecular weight is 279 g/mol. The van der Waals surface area contributed by atoms with Gasteiger partial charge in [0.15, 0.2) is 11.8 Å². The third-order valence-electron chi connectivity index (χ3n) is 4.23. The molecule has 1 aliphatic rings. The second-order valence-corrected chi connectivity index (χ2v) is 6.29. The zero-order valence-corrected chi connectivity index (χ0v) is 12.2. The first-order valence-electron chi connectivity index (χ1n) is 7.13. The number of hydrogen-bond donors (Lipinski definition) is 0. The van der Waals surface area contributed by atoms with E-state index < -0.39 is 0 Å². The summed E-state index contributed by atoms with van der Waals surface area (Å²) < 4.78 is 3.16. The Labute approximate surface area is 119 Å². The van der Waals surface area contributed by atoms with Gasteiger partial charge in [-0.1, -0.05) is 23.7 Å². The maximum absolute atomic E-state index is 6.23. The highest BCUT2D eigenvalue weighted by atomic mass is 35.5. The summed E-state index contributed by atoms with van der Waals surface area (Å²) in [5, 5.41) is 6.21. The molecular formula is C15H21ClN3+. The molecule has 4 heteroatoms. The minimum absolute atomic E-state index is 0.622. The van der Waals surface area contributed by atoms with Crippen LogP contribution in [0.3, 0.4) is 0 Å². The van der Waals surface area contributed by atoms with Gasteiger partial charge >= 0.3 is 0 Å². The second-order valence-electron chi connectivity index (χ2n) is 5.93. The van der Waals surface area contributed by atoms with E-state index in [1.54, 1.807) is 0 Å². The average Bonchev–Trinajstić information content (AvgIpc) is 2.58. The van der Waals surface area contributed by atoms with Gasteiger partial charge in [0.25, 0.3) is 0 Å². The molecule has 0 amide bonds. The van der Waals surface area contributed by atoms with E-state index in [1.165, 1.54) is 38.8 Å². The monoisotopic (exact) mass is 278 g/mol. The van der Waals surface area contributed by atoms with Crippen molar-refractivity contribution >= 4 is 22.5 Å². The van der Waals surface area contributed by atoms with Crippen molar-refractivity contribution in [3.05, 3.63) is 29.4 Å². The number of para-hydroxylation sites is 1. The Morgan fingerprint density at radius 1 is 1.16 bits per heavy atom. The number of quaternary nitrogens is 1. The molecule has 1 aromatic carbocycles. The Morgan fingerprint density at radius 3 is 2.58 bits per heavy atom. The van der Waals surface area contributed by atoms with Crippen LogP contribution in [0.2, 0.25) is 5.15 Å². The molecule has 0 aliphatic carbocycles. The van der Waals surface area contributed by atoms with E-state index in [4.69, 9.17) is 11.6 Å². The Balaban J connectivity index is 1.92. The van der Waals surface area contributed by atoms with Gasteiger partial charge in [0.05, 0.1) is 25.7 Å². The number of benzene rings is 1. The molecule has 0 unspecified atom stereocenters. The molecule has 1 aromatic heterocycles. The van der Waals surface area contributed by atoms with Gasteiger partial charge in [0.1, 0.15) is 0 Å². The molecule has 1 saturated heterocycles. The molecule has 0 spiro atoms. The van der Waals surface area contributed by atoms with Crippen molar-refractivity contribution in [3.63, 3.8) is 0 Å². The molecule has 2 heterocycles. The van der Waals surface area contributed by atoms with Gasteiger partial charge in [-0.3, -0.25) is 0 Å². The molecule has 2 aromatic rings. The van der Waals surface area contributed by atoms with Crippen LogP contribution in [-0.2, 0) is 6.67 Å². The highest BCUT2D eigenvalue weighted by Gasteiger charge is 2.25. The predicted molar refractivity (Wildman–Crippen MR) is 79.1 cm³/mol. The van der Waals surface area contributed by atoms with E-state index in [9.17, 15) is 0 Å². The number of hydrogen-bond acceptors (Lipinski definition) is 1. The first-order chi connectivity index (χ1) is 9.18. The van der Waals surface area contributed by atoms with E-state index in [1.807, 2.05) is 12.1 Å². The molecule has 102 valence electrons. The molecule has 1 aliphatic heterocycles. The Hall–Kier alpha value is -1.06. The Kier molecular flexibility index (Phi) is 3.50. The van der Waals surface area contributed by atoms with E-state index in [-0.39, 0.29) is 0 Å². The summed E-state index contributed by atoms with van der Waals surface area (Å²) in [5.41, 5.74) is 1.15. The van der Waals surface area contributed by atoms with E-state index >= 15 is 0 Å². The first-order valence-corrected chi connectivity index (χ1v) is 7.50. The van der Waals surface area contributed by atoms with E-state index in [2.05, 4.69) is 29.0 Å². The summed E-state index contributed by atoms with van der Waals surface area (Å²) in [6, 6.07) is 8.23. The molecule has 0 atom stereocenters. The highest BCUT2D eigenvalue weighted by Crippen LogP contribution is 2.24. The quantitative estimate of drug-likeness (QED) is 0.767. The van der Waals surface area contributed by atoms with Crippen LogP contribution in [0, 0.1) is 0 Å². The summed E-state index contributed by atoms with van der Waals surface area (Å²) >= 11 is 6.23. The number of halogens is 1. The largest absolute Gasteiger partial charge is 0.307 e. The maximum atomic E-state index is 6.23. The number of likely N-dealkylation sites (tertiary alicyclic amines) is 1.